The van der Waals surface area contributed by atoms with Crippen LogP contribution in [0.5, 0.6) is 0 Å². The van der Waals surface area contributed by atoms with Gasteiger partial charge in [-0.2, -0.15) is 5.10 Å². The molecule has 0 aliphatic rings. The summed E-state index contributed by atoms with van der Waals surface area (Å²) in [5.41, 5.74) is 5.82. The summed E-state index contributed by atoms with van der Waals surface area (Å²) in [6, 6.07) is -0.592. The van der Waals surface area contributed by atoms with Crippen LogP contribution in [0, 0.1) is 0 Å². The smallest absolute Gasteiger partial charge is 0.360 e. The summed E-state index contributed by atoms with van der Waals surface area (Å²) in [7, 11) is 1.24. The molecule has 1 rings (SSSR count). The van der Waals surface area contributed by atoms with Gasteiger partial charge in [0.2, 0.25) is 0 Å². The largest absolute Gasteiger partial charge is 0.464 e. The molecule has 0 radical (unpaired) electrons. The highest BCUT2D eigenvalue weighted by atomic mass is 16.5. The lowest BCUT2D eigenvalue weighted by molar-refractivity contribution is -0.147. The Labute approximate surface area is 105 Å². The van der Waals surface area contributed by atoms with Gasteiger partial charge in [0, 0.05) is 6.20 Å². The molecule has 0 saturated carbocycles. The van der Waals surface area contributed by atoms with E-state index < -0.39 is 18.0 Å². The molecule has 0 aromatic carbocycles. The summed E-state index contributed by atoms with van der Waals surface area (Å²) >= 11 is 0. The standard InChI is InChI=1S/C11H17N3O4/c1-4-8(10(15)18-5-2)14-6-7(12)9(13-14)11(16)17-3/h6,8H,4-5,12H2,1-3H3. The van der Waals surface area contributed by atoms with Gasteiger partial charge in [-0.15, -0.1) is 0 Å². The number of carbonyl (C=O) groups excluding carboxylic acids is 2. The number of ether oxygens (including phenoxy) is 2. The molecule has 0 saturated heterocycles. The molecule has 0 aliphatic carbocycles. The van der Waals surface area contributed by atoms with E-state index in [1.165, 1.54) is 18.0 Å². The summed E-state index contributed by atoms with van der Waals surface area (Å²) in [6.07, 6.45) is 1.91. The van der Waals surface area contributed by atoms with Gasteiger partial charge in [-0.1, -0.05) is 6.92 Å². The van der Waals surface area contributed by atoms with E-state index in [9.17, 15) is 9.59 Å². The first-order valence-corrected chi connectivity index (χ1v) is 5.64. The van der Waals surface area contributed by atoms with Crippen molar-refractivity contribution in [3.8, 4) is 0 Å². The van der Waals surface area contributed by atoms with Crippen LogP contribution in [0.3, 0.4) is 0 Å². The topological polar surface area (TPSA) is 96.4 Å². The molecule has 1 unspecified atom stereocenters. The Balaban J connectivity index is 3.01. The number of methoxy groups -OCH3 is 1. The number of carbonyl (C=O) groups is 2. The molecule has 1 aromatic heterocycles. The number of esters is 2. The van der Waals surface area contributed by atoms with Crippen LogP contribution in [0.2, 0.25) is 0 Å². The Hall–Kier alpha value is -2.05. The lowest BCUT2D eigenvalue weighted by Crippen LogP contribution is -2.22. The molecule has 0 amide bonds. The third kappa shape index (κ3) is 2.79. The fourth-order valence-corrected chi connectivity index (χ4v) is 1.52. The van der Waals surface area contributed by atoms with E-state index in [0.29, 0.717) is 6.42 Å². The van der Waals surface area contributed by atoms with Crippen molar-refractivity contribution in [3.05, 3.63) is 11.9 Å². The summed E-state index contributed by atoms with van der Waals surface area (Å²) < 4.78 is 10.8. The zero-order valence-electron chi connectivity index (χ0n) is 10.7. The average molecular weight is 255 g/mol. The van der Waals surface area contributed by atoms with Gasteiger partial charge in [-0.25, -0.2) is 9.59 Å². The highest BCUT2D eigenvalue weighted by Crippen LogP contribution is 2.18. The van der Waals surface area contributed by atoms with Gasteiger partial charge in [0.1, 0.15) is 6.04 Å². The van der Waals surface area contributed by atoms with E-state index in [-0.39, 0.29) is 18.0 Å². The normalized spacial score (nSPS) is 11.9. The molecule has 0 spiro atoms. The monoisotopic (exact) mass is 255 g/mol. The number of hydrogen-bond acceptors (Lipinski definition) is 6. The Bertz CT molecular complexity index is 441. The van der Waals surface area contributed by atoms with Gasteiger partial charge >= 0.3 is 11.9 Å². The van der Waals surface area contributed by atoms with Crippen LogP contribution in [0.4, 0.5) is 5.69 Å². The van der Waals surface area contributed by atoms with Crippen LogP contribution in [0.25, 0.3) is 0 Å². The van der Waals surface area contributed by atoms with E-state index >= 15 is 0 Å². The van der Waals surface area contributed by atoms with Gasteiger partial charge < -0.3 is 15.2 Å². The predicted octanol–water partition coefficient (Wildman–Crippen LogP) is 0.766. The molecule has 0 bridgehead atoms. The van der Waals surface area contributed by atoms with Crippen LogP contribution in [0.1, 0.15) is 36.8 Å². The van der Waals surface area contributed by atoms with Crippen molar-refractivity contribution in [1.82, 2.24) is 9.78 Å². The Morgan fingerprint density at radius 3 is 2.67 bits per heavy atom. The van der Waals surface area contributed by atoms with Gasteiger partial charge in [0.15, 0.2) is 5.69 Å². The minimum atomic E-state index is -0.634. The summed E-state index contributed by atoms with van der Waals surface area (Å²) in [4.78, 5) is 23.1. The van der Waals surface area contributed by atoms with Gasteiger partial charge in [0.25, 0.3) is 0 Å². The quantitative estimate of drug-likeness (QED) is 0.780. The number of nitrogen functional groups attached to an aromatic ring is 1. The van der Waals surface area contributed by atoms with E-state index in [4.69, 9.17) is 10.5 Å². The minimum Gasteiger partial charge on any atom is -0.464 e. The maximum absolute atomic E-state index is 11.7. The van der Waals surface area contributed by atoms with Crippen LogP contribution < -0.4 is 5.73 Å². The lowest BCUT2D eigenvalue weighted by atomic mass is 10.2. The van der Waals surface area contributed by atoms with E-state index in [0.717, 1.165) is 0 Å². The molecule has 18 heavy (non-hydrogen) atoms. The average Bonchev–Trinajstić information content (AvgIpc) is 2.71. The van der Waals surface area contributed by atoms with Gasteiger partial charge in [-0.05, 0) is 13.3 Å². The molecule has 100 valence electrons. The number of aromatic nitrogens is 2. The van der Waals surface area contributed by atoms with Crippen LogP contribution in [-0.2, 0) is 14.3 Å². The second kappa shape index (κ2) is 6.04. The molecule has 7 nitrogen and oxygen atoms in total. The van der Waals surface area contributed by atoms with Crippen molar-refractivity contribution in [1.29, 1.82) is 0 Å². The lowest BCUT2D eigenvalue weighted by Gasteiger charge is -2.13. The van der Waals surface area contributed by atoms with E-state index in [1.54, 1.807) is 6.92 Å². The van der Waals surface area contributed by atoms with Crippen molar-refractivity contribution < 1.29 is 19.1 Å². The van der Waals surface area contributed by atoms with Crippen molar-refractivity contribution in [3.63, 3.8) is 0 Å². The third-order valence-electron chi connectivity index (χ3n) is 2.40. The first kappa shape index (κ1) is 14.0. The van der Waals surface area contributed by atoms with Crippen LogP contribution >= 0.6 is 0 Å². The van der Waals surface area contributed by atoms with Crippen molar-refractivity contribution in [2.45, 2.75) is 26.3 Å². The molecule has 1 aromatic rings. The van der Waals surface area contributed by atoms with Crippen molar-refractivity contribution >= 4 is 17.6 Å². The number of anilines is 1. The zero-order valence-corrected chi connectivity index (χ0v) is 10.7. The maximum Gasteiger partial charge on any atom is 0.360 e. The van der Waals surface area contributed by atoms with Crippen molar-refractivity contribution in [2.24, 2.45) is 0 Å². The Morgan fingerprint density at radius 1 is 1.50 bits per heavy atom. The number of nitrogens with zero attached hydrogens (tertiary/aromatic N) is 2. The predicted molar refractivity (Wildman–Crippen MR) is 63.9 cm³/mol. The summed E-state index contributed by atoms with van der Waals surface area (Å²) in [5, 5.41) is 3.97. The zero-order chi connectivity index (χ0) is 13.7. The van der Waals surface area contributed by atoms with E-state index in [1.807, 2.05) is 6.92 Å². The Kier molecular flexibility index (Phi) is 4.70. The van der Waals surface area contributed by atoms with Gasteiger partial charge in [-0.3, -0.25) is 4.68 Å². The second-order valence-electron chi connectivity index (χ2n) is 3.58. The van der Waals surface area contributed by atoms with Crippen molar-refractivity contribution in [2.75, 3.05) is 19.5 Å². The first-order chi connectivity index (χ1) is 8.54. The number of hydrogen-bond donors (Lipinski definition) is 1. The molecule has 2 N–H and O–H groups in total. The molecule has 0 fully saturated rings. The highest BCUT2D eigenvalue weighted by Gasteiger charge is 2.24. The Morgan fingerprint density at radius 2 is 2.17 bits per heavy atom. The van der Waals surface area contributed by atoms with Crippen LogP contribution in [0.15, 0.2) is 6.20 Å². The fourth-order valence-electron chi connectivity index (χ4n) is 1.52. The van der Waals surface area contributed by atoms with Gasteiger partial charge in [0.05, 0.1) is 19.4 Å². The molecular weight excluding hydrogens is 238 g/mol. The highest BCUT2D eigenvalue weighted by molar-refractivity contribution is 5.92. The summed E-state index contributed by atoms with van der Waals surface area (Å²) in [5.74, 6) is -1.04. The SMILES string of the molecule is CCOC(=O)C(CC)n1cc(N)c(C(=O)OC)n1. The number of rotatable bonds is 5. The molecular formula is C11H17N3O4. The maximum atomic E-state index is 11.7. The fraction of sp³-hybridized carbons (Fsp3) is 0.545. The molecule has 0 aliphatic heterocycles. The first-order valence-electron chi connectivity index (χ1n) is 5.64. The number of nitrogens with two attached hydrogens (primary N) is 1. The van der Waals surface area contributed by atoms with Crippen LogP contribution in [-0.4, -0.2) is 35.4 Å². The summed E-state index contributed by atoms with van der Waals surface area (Å²) in [6.45, 7) is 3.83. The second-order valence-corrected chi connectivity index (χ2v) is 3.58. The van der Waals surface area contributed by atoms with E-state index in [2.05, 4.69) is 9.84 Å². The third-order valence-corrected chi connectivity index (χ3v) is 2.40. The molecule has 1 heterocycles. The minimum absolute atomic E-state index is 0.000230. The molecule has 1 atom stereocenters. The molecule has 7 heteroatoms.